The SMILES string of the molecule is CCCNC(c1ccccc1Cl)C1(OC)CCOCC1. The summed E-state index contributed by atoms with van der Waals surface area (Å²) in [4.78, 5) is 0. The van der Waals surface area contributed by atoms with Crippen molar-refractivity contribution in [1.29, 1.82) is 0 Å². The molecule has 4 heteroatoms. The molecule has 1 aromatic rings. The molecule has 20 heavy (non-hydrogen) atoms. The summed E-state index contributed by atoms with van der Waals surface area (Å²) < 4.78 is 11.5. The molecule has 0 saturated carbocycles. The van der Waals surface area contributed by atoms with Gasteiger partial charge in [0.15, 0.2) is 0 Å². The van der Waals surface area contributed by atoms with E-state index in [0.717, 1.165) is 49.6 Å². The molecule has 0 aliphatic carbocycles. The average Bonchev–Trinajstić information content (AvgIpc) is 2.50. The normalized spacial score (nSPS) is 19.8. The van der Waals surface area contributed by atoms with Crippen molar-refractivity contribution in [3.05, 3.63) is 34.9 Å². The fraction of sp³-hybridized carbons (Fsp3) is 0.625. The van der Waals surface area contributed by atoms with Crippen LogP contribution in [0.1, 0.15) is 37.8 Å². The van der Waals surface area contributed by atoms with E-state index in [1.807, 2.05) is 18.2 Å². The maximum atomic E-state index is 6.41. The lowest BCUT2D eigenvalue weighted by Crippen LogP contribution is -2.49. The molecule has 1 aromatic carbocycles. The standard InChI is InChI=1S/C16H24ClNO2/c1-3-10-18-15(13-6-4-5-7-14(13)17)16(19-2)8-11-20-12-9-16/h4-7,15,18H,3,8-12H2,1-2H3. The van der Waals surface area contributed by atoms with Crippen molar-refractivity contribution >= 4 is 11.6 Å². The maximum Gasteiger partial charge on any atom is 0.0916 e. The largest absolute Gasteiger partial charge is 0.381 e. The summed E-state index contributed by atoms with van der Waals surface area (Å²) in [5, 5.41) is 4.42. The Bertz CT molecular complexity index is 419. The van der Waals surface area contributed by atoms with Crippen molar-refractivity contribution in [2.24, 2.45) is 0 Å². The van der Waals surface area contributed by atoms with Crippen molar-refractivity contribution < 1.29 is 9.47 Å². The number of methoxy groups -OCH3 is 1. The lowest BCUT2D eigenvalue weighted by molar-refractivity contribution is -0.111. The number of halogens is 1. The van der Waals surface area contributed by atoms with E-state index in [9.17, 15) is 0 Å². The zero-order chi connectivity index (χ0) is 14.4. The first kappa shape index (κ1) is 15.8. The van der Waals surface area contributed by atoms with Crippen molar-refractivity contribution in [1.82, 2.24) is 5.32 Å². The van der Waals surface area contributed by atoms with Crippen LogP contribution in [0.3, 0.4) is 0 Å². The highest BCUT2D eigenvalue weighted by atomic mass is 35.5. The molecule has 1 aliphatic heterocycles. The third kappa shape index (κ3) is 3.34. The van der Waals surface area contributed by atoms with Crippen LogP contribution in [0.25, 0.3) is 0 Å². The Morgan fingerprint density at radius 1 is 1.35 bits per heavy atom. The minimum atomic E-state index is -0.238. The van der Waals surface area contributed by atoms with Crippen LogP contribution in [-0.4, -0.2) is 32.5 Å². The molecule has 0 aromatic heterocycles. The average molecular weight is 298 g/mol. The van der Waals surface area contributed by atoms with Crippen molar-refractivity contribution in [3.8, 4) is 0 Å². The Hall–Kier alpha value is -0.610. The Morgan fingerprint density at radius 3 is 2.65 bits per heavy atom. The molecule has 1 unspecified atom stereocenters. The number of nitrogens with one attached hydrogen (secondary N) is 1. The molecule has 1 saturated heterocycles. The van der Waals surface area contributed by atoms with Gasteiger partial charge in [-0.15, -0.1) is 0 Å². The lowest BCUT2D eigenvalue weighted by atomic mass is 9.82. The van der Waals surface area contributed by atoms with E-state index in [1.54, 1.807) is 7.11 Å². The molecule has 1 N–H and O–H groups in total. The molecule has 112 valence electrons. The van der Waals surface area contributed by atoms with E-state index in [0.29, 0.717) is 0 Å². The van der Waals surface area contributed by atoms with Crippen molar-refractivity contribution in [2.45, 2.75) is 37.8 Å². The fourth-order valence-electron chi connectivity index (χ4n) is 2.90. The van der Waals surface area contributed by atoms with E-state index in [4.69, 9.17) is 21.1 Å². The molecule has 0 spiro atoms. The van der Waals surface area contributed by atoms with Gasteiger partial charge in [0.25, 0.3) is 0 Å². The maximum absolute atomic E-state index is 6.41. The number of benzene rings is 1. The summed E-state index contributed by atoms with van der Waals surface area (Å²) in [5.41, 5.74) is 0.879. The molecular weight excluding hydrogens is 274 g/mol. The highest BCUT2D eigenvalue weighted by Gasteiger charge is 2.41. The Kier molecular flexibility index (Phi) is 5.85. The first-order chi connectivity index (χ1) is 9.73. The van der Waals surface area contributed by atoms with E-state index < -0.39 is 0 Å². The lowest BCUT2D eigenvalue weighted by Gasteiger charge is -2.43. The third-order valence-corrected chi connectivity index (χ3v) is 4.43. The molecular formula is C16H24ClNO2. The topological polar surface area (TPSA) is 30.5 Å². The second-order valence-corrected chi connectivity index (χ2v) is 5.70. The highest BCUT2D eigenvalue weighted by Crippen LogP contribution is 2.39. The van der Waals surface area contributed by atoms with E-state index in [-0.39, 0.29) is 11.6 Å². The quantitative estimate of drug-likeness (QED) is 0.870. The Morgan fingerprint density at radius 2 is 2.05 bits per heavy atom. The summed E-state index contributed by atoms with van der Waals surface area (Å²) in [5.74, 6) is 0. The van der Waals surface area contributed by atoms with Crippen molar-refractivity contribution in [3.63, 3.8) is 0 Å². The third-order valence-electron chi connectivity index (χ3n) is 4.09. The van der Waals surface area contributed by atoms with Crippen LogP contribution < -0.4 is 5.32 Å². The van der Waals surface area contributed by atoms with Gasteiger partial charge in [0.2, 0.25) is 0 Å². The Labute approximate surface area is 126 Å². The van der Waals surface area contributed by atoms with Gasteiger partial charge in [-0.2, -0.15) is 0 Å². The molecule has 0 bridgehead atoms. The van der Waals surface area contributed by atoms with Crippen molar-refractivity contribution in [2.75, 3.05) is 26.9 Å². The van der Waals surface area contributed by atoms with Crippen LogP contribution >= 0.6 is 11.6 Å². The summed E-state index contributed by atoms with van der Waals surface area (Å²) in [6, 6.07) is 8.13. The molecule has 0 radical (unpaired) electrons. The second-order valence-electron chi connectivity index (χ2n) is 5.29. The first-order valence-electron chi connectivity index (χ1n) is 7.34. The predicted octanol–water partition coefficient (Wildman–Crippen LogP) is 3.58. The van der Waals surface area contributed by atoms with Crippen LogP contribution in [-0.2, 0) is 9.47 Å². The van der Waals surface area contributed by atoms with Gasteiger partial charge in [-0.3, -0.25) is 0 Å². The molecule has 1 atom stereocenters. The highest BCUT2D eigenvalue weighted by molar-refractivity contribution is 6.31. The molecule has 1 heterocycles. The number of ether oxygens (including phenoxy) is 2. The van der Waals surface area contributed by atoms with Crippen LogP contribution in [0.5, 0.6) is 0 Å². The van der Waals surface area contributed by atoms with Gasteiger partial charge >= 0.3 is 0 Å². The second kappa shape index (κ2) is 7.41. The fourth-order valence-corrected chi connectivity index (χ4v) is 3.15. The summed E-state index contributed by atoms with van der Waals surface area (Å²) in [7, 11) is 1.79. The number of rotatable bonds is 6. The van der Waals surface area contributed by atoms with Gasteiger partial charge in [-0.25, -0.2) is 0 Å². The molecule has 1 fully saturated rings. The minimum absolute atomic E-state index is 0.102. The zero-order valence-electron chi connectivity index (χ0n) is 12.3. The Balaban J connectivity index is 2.33. The van der Waals surface area contributed by atoms with E-state index in [2.05, 4.69) is 18.3 Å². The van der Waals surface area contributed by atoms with Gasteiger partial charge in [0.1, 0.15) is 0 Å². The zero-order valence-corrected chi connectivity index (χ0v) is 13.1. The van der Waals surface area contributed by atoms with Gasteiger partial charge < -0.3 is 14.8 Å². The molecule has 0 amide bonds. The summed E-state index contributed by atoms with van der Waals surface area (Å²) in [6.07, 6.45) is 2.85. The van der Waals surface area contributed by atoms with Gasteiger partial charge in [-0.1, -0.05) is 36.7 Å². The minimum Gasteiger partial charge on any atom is -0.381 e. The summed E-state index contributed by atoms with van der Waals surface area (Å²) >= 11 is 6.41. The van der Waals surface area contributed by atoms with E-state index >= 15 is 0 Å². The number of hydrogen-bond donors (Lipinski definition) is 1. The van der Waals surface area contributed by atoms with Crippen LogP contribution in [0, 0.1) is 0 Å². The van der Waals surface area contributed by atoms with Crippen LogP contribution in [0.2, 0.25) is 5.02 Å². The predicted molar refractivity (Wildman–Crippen MR) is 82.3 cm³/mol. The summed E-state index contributed by atoms with van der Waals surface area (Å²) in [6.45, 7) is 4.59. The van der Waals surface area contributed by atoms with Gasteiger partial charge in [0, 0.05) is 38.2 Å². The van der Waals surface area contributed by atoms with Crippen LogP contribution in [0.4, 0.5) is 0 Å². The smallest absolute Gasteiger partial charge is 0.0916 e. The molecule has 3 nitrogen and oxygen atoms in total. The van der Waals surface area contributed by atoms with Gasteiger partial charge in [-0.05, 0) is 24.6 Å². The number of hydrogen-bond acceptors (Lipinski definition) is 3. The molecule has 1 aliphatic rings. The molecule has 2 rings (SSSR count). The first-order valence-corrected chi connectivity index (χ1v) is 7.72. The van der Waals surface area contributed by atoms with Gasteiger partial charge in [0.05, 0.1) is 11.6 Å². The monoisotopic (exact) mass is 297 g/mol. The van der Waals surface area contributed by atoms with Crippen LogP contribution in [0.15, 0.2) is 24.3 Å². The van der Waals surface area contributed by atoms with E-state index in [1.165, 1.54) is 0 Å².